The second-order valence-electron chi connectivity index (χ2n) is 2.90. The Hall–Kier alpha value is 0.354. The Kier molecular flexibility index (Phi) is 16.0. The van der Waals surface area contributed by atoms with Crippen LogP contribution in [0.3, 0.4) is 0 Å². The van der Waals surface area contributed by atoms with E-state index in [4.69, 9.17) is 13.8 Å². The normalized spacial score (nSPS) is 13.9. The molecule has 0 aliphatic carbocycles. The summed E-state index contributed by atoms with van der Waals surface area (Å²) in [5.41, 5.74) is 0. The molecule has 6 heteroatoms. The first-order valence-electron chi connectivity index (χ1n) is 4.57. The van der Waals surface area contributed by atoms with Crippen LogP contribution in [-0.2, 0) is 33.5 Å². The van der Waals surface area contributed by atoms with Gasteiger partial charge in [0.1, 0.15) is 0 Å². The fourth-order valence-corrected chi connectivity index (χ4v) is 1.24. The predicted molar refractivity (Wildman–Crippen MR) is 45.5 cm³/mol. The van der Waals surface area contributed by atoms with Gasteiger partial charge in [0.05, 0.1) is 12.7 Å². The molecule has 0 fully saturated rings. The summed E-state index contributed by atoms with van der Waals surface area (Å²) in [6.45, 7) is 4.19. The molecule has 5 nitrogen and oxygen atoms in total. The van der Waals surface area contributed by atoms with E-state index in [0.717, 1.165) is 39.7 Å². The first-order chi connectivity index (χ1) is 6.79. The molecular formula is C8H18O5Ti. The molecule has 0 saturated carbocycles. The molecule has 0 amide bonds. The van der Waals surface area contributed by atoms with E-state index in [2.05, 4.69) is 9.78 Å². The van der Waals surface area contributed by atoms with E-state index >= 15 is 0 Å². The third kappa shape index (κ3) is 7.73. The van der Waals surface area contributed by atoms with Crippen LogP contribution >= 0.6 is 0 Å². The zero-order valence-corrected chi connectivity index (χ0v) is 10.2. The van der Waals surface area contributed by atoms with Crippen molar-refractivity contribution in [2.75, 3.05) is 6.61 Å². The fourth-order valence-electron chi connectivity index (χ4n) is 1.24. The number of hydrogen-bond donors (Lipinski definition) is 2. The van der Waals surface area contributed by atoms with Crippen LogP contribution in [-0.4, -0.2) is 23.2 Å². The molecule has 0 aromatic carbocycles. The van der Waals surface area contributed by atoms with E-state index in [-0.39, 0.29) is 18.6 Å². The van der Waals surface area contributed by atoms with Crippen LogP contribution in [0.5, 0.6) is 0 Å². The van der Waals surface area contributed by atoms with Gasteiger partial charge < -0.3 is 0 Å². The van der Waals surface area contributed by atoms with Gasteiger partial charge in [-0.3, -0.25) is 10.5 Å². The van der Waals surface area contributed by atoms with E-state index in [0.29, 0.717) is 0 Å². The molecule has 0 saturated heterocycles. The molecule has 0 heterocycles. The Balaban J connectivity index is 0. The number of hydrogen-bond acceptors (Lipinski definition) is 5. The van der Waals surface area contributed by atoms with Crippen LogP contribution in [0.1, 0.15) is 33.1 Å². The summed E-state index contributed by atoms with van der Waals surface area (Å²) >= 11 is 0.750. The first-order valence-corrected chi connectivity index (χ1v) is 5.20. The molecule has 0 radical (unpaired) electrons. The van der Waals surface area contributed by atoms with E-state index in [9.17, 15) is 0 Å². The van der Waals surface area contributed by atoms with Crippen molar-refractivity contribution in [1.82, 2.24) is 0 Å². The van der Waals surface area contributed by atoms with Gasteiger partial charge in [-0.1, -0.05) is 20.3 Å². The van der Waals surface area contributed by atoms with Gasteiger partial charge in [0.2, 0.25) is 0 Å². The molecule has 84 valence electrons. The van der Waals surface area contributed by atoms with Crippen molar-refractivity contribution in [3.8, 4) is 0 Å². The molecule has 2 unspecified atom stereocenters. The molecule has 2 atom stereocenters. The van der Waals surface area contributed by atoms with Crippen molar-refractivity contribution in [2.24, 2.45) is 5.92 Å². The van der Waals surface area contributed by atoms with Crippen molar-refractivity contribution in [1.29, 1.82) is 0 Å². The Morgan fingerprint density at radius 3 is 2.14 bits per heavy atom. The predicted octanol–water partition coefficient (Wildman–Crippen LogP) is 2.04. The van der Waals surface area contributed by atoms with Crippen molar-refractivity contribution in [2.45, 2.75) is 39.2 Å². The molecule has 0 aliphatic heterocycles. The molecule has 0 aromatic rings. The summed E-state index contributed by atoms with van der Waals surface area (Å²) in [7, 11) is 0. The van der Waals surface area contributed by atoms with Crippen LogP contribution in [0.25, 0.3) is 0 Å². The van der Waals surface area contributed by atoms with Crippen LogP contribution < -0.4 is 0 Å². The molecule has 0 spiro atoms. The molecule has 0 rings (SSSR count). The zero-order valence-electron chi connectivity index (χ0n) is 8.60. The summed E-state index contributed by atoms with van der Waals surface area (Å²) in [5.74, 6) is 0.0555. The number of rotatable bonds is 7. The average molecular weight is 242 g/mol. The van der Waals surface area contributed by atoms with E-state index in [1.54, 1.807) is 0 Å². The van der Waals surface area contributed by atoms with E-state index in [1.807, 2.05) is 13.8 Å². The summed E-state index contributed by atoms with van der Waals surface area (Å²) in [4.78, 5) is 8.34. The van der Waals surface area contributed by atoms with Gasteiger partial charge in [-0.05, 0) is 12.8 Å². The Morgan fingerprint density at radius 2 is 1.86 bits per heavy atom. The minimum absolute atomic E-state index is 0.0555. The first kappa shape index (κ1) is 16.8. The second kappa shape index (κ2) is 13.4. The molecular weight excluding hydrogens is 224 g/mol. The van der Waals surface area contributed by atoms with Crippen molar-refractivity contribution in [3.05, 3.63) is 0 Å². The van der Waals surface area contributed by atoms with Gasteiger partial charge in [0.25, 0.3) is 0 Å². The van der Waals surface area contributed by atoms with E-state index < -0.39 is 0 Å². The third-order valence-electron chi connectivity index (χ3n) is 2.05. The van der Waals surface area contributed by atoms with Gasteiger partial charge in [-0.25, -0.2) is 9.78 Å². The Labute approximate surface area is 96.0 Å². The summed E-state index contributed by atoms with van der Waals surface area (Å²) in [5, 5.41) is 16.8. The minimum atomic E-state index is -0.229. The molecule has 0 bridgehead atoms. The van der Waals surface area contributed by atoms with Gasteiger partial charge in [-0.15, -0.1) is 0 Å². The third-order valence-corrected chi connectivity index (χ3v) is 2.05. The van der Waals surface area contributed by atoms with Crippen molar-refractivity contribution in [3.63, 3.8) is 0 Å². The quantitative estimate of drug-likeness (QED) is 0.406. The Bertz CT molecular complexity index is 102. The van der Waals surface area contributed by atoms with Crippen LogP contribution in [0.2, 0.25) is 0 Å². The topological polar surface area (TPSA) is 76.0 Å². The van der Waals surface area contributed by atoms with Crippen LogP contribution in [0, 0.1) is 5.92 Å². The van der Waals surface area contributed by atoms with Gasteiger partial charge in [0, 0.05) is 5.92 Å². The fraction of sp³-hybridized carbons (Fsp3) is 1.00. The molecule has 0 aliphatic rings. The summed E-state index contributed by atoms with van der Waals surface area (Å²) < 4.78 is 8.25. The molecule has 14 heavy (non-hydrogen) atoms. The Morgan fingerprint density at radius 1 is 1.29 bits per heavy atom. The summed E-state index contributed by atoms with van der Waals surface area (Å²) in [6, 6.07) is 0. The maximum atomic E-state index is 8.55. The average Bonchev–Trinajstić information content (AvgIpc) is 2.26. The van der Waals surface area contributed by atoms with E-state index in [1.165, 1.54) is 0 Å². The standard InChI is InChI=1S/C8H18O4.O.Ti/c1-3-5-8(12-10)7(4-2)6-11-9;;/h7-10H,3-6H2,1-2H3;;. The zero-order chi connectivity index (χ0) is 11.4. The van der Waals surface area contributed by atoms with Crippen LogP contribution in [0.4, 0.5) is 0 Å². The maximum absolute atomic E-state index is 8.55. The second-order valence-corrected chi connectivity index (χ2v) is 2.90. The molecule has 2 N–H and O–H groups in total. The van der Waals surface area contributed by atoms with Gasteiger partial charge in [-0.2, -0.15) is 0 Å². The van der Waals surface area contributed by atoms with Crippen molar-refractivity contribution >= 4 is 0 Å². The molecule has 0 aromatic heterocycles. The summed E-state index contributed by atoms with van der Waals surface area (Å²) in [6.07, 6.45) is 2.30. The SMILES string of the molecule is CCCC(OO)C(CC)COO.[O]=[Ti]. The van der Waals surface area contributed by atoms with Crippen molar-refractivity contribution < 1.29 is 44.0 Å². The van der Waals surface area contributed by atoms with Gasteiger partial charge >= 0.3 is 23.7 Å². The van der Waals surface area contributed by atoms with Crippen LogP contribution in [0.15, 0.2) is 0 Å². The van der Waals surface area contributed by atoms with Gasteiger partial charge in [0.15, 0.2) is 0 Å². The monoisotopic (exact) mass is 242 g/mol.